The highest BCUT2D eigenvalue weighted by Gasteiger charge is 2.14. The third kappa shape index (κ3) is 3.06. The van der Waals surface area contributed by atoms with Gasteiger partial charge in [-0.25, -0.2) is 0 Å². The SMILES string of the molecule is CCc1cc(OC(C)C)c2ccccc2c1OC(C)C. The Hall–Kier alpha value is -1.70. The lowest BCUT2D eigenvalue weighted by Gasteiger charge is -2.20. The van der Waals surface area contributed by atoms with Crippen LogP contribution in [0.15, 0.2) is 30.3 Å². The molecule has 0 radical (unpaired) electrons. The fourth-order valence-electron chi connectivity index (χ4n) is 2.36. The minimum atomic E-state index is 0.167. The van der Waals surface area contributed by atoms with Crippen LogP contribution >= 0.6 is 0 Å². The van der Waals surface area contributed by atoms with Gasteiger partial charge in [-0.2, -0.15) is 0 Å². The highest BCUT2D eigenvalue weighted by Crippen LogP contribution is 2.38. The number of hydrogen-bond donors (Lipinski definition) is 0. The smallest absolute Gasteiger partial charge is 0.130 e. The first-order valence-corrected chi connectivity index (χ1v) is 7.40. The number of fused-ring (bicyclic) bond motifs is 1. The van der Waals surface area contributed by atoms with E-state index >= 15 is 0 Å². The fourth-order valence-corrected chi connectivity index (χ4v) is 2.36. The van der Waals surface area contributed by atoms with Gasteiger partial charge >= 0.3 is 0 Å². The molecule has 0 atom stereocenters. The van der Waals surface area contributed by atoms with Crippen LogP contribution in [0.5, 0.6) is 11.5 Å². The molecule has 2 aromatic rings. The molecule has 0 saturated heterocycles. The maximum atomic E-state index is 6.05. The van der Waals surface area contributed by atoms with Gasteiger partial charge in [-0.3, -0.25) is 0 Å². The number of aryl methyl sites for hydroxylation is 1. The summed E-state index contributed by atoms with van der Waals surface area (Å²) < 4.78 is 12.0. The second-order valence-electron chi connectivity index (χ2n) is 5.60. The molecular formula is C18H24O2. The van der Waals surface area contributed by atoms with E-state index in [1.807, 2.05) is 12.1 Å². The average Bonchev–Trinajstić information content (AvgIpc) is 2.40. The molecule has 0 aliphatic rings. The van der Waals surface area contributed by atoms with Gasteiger partial charge in [0.15, 0.2) is 0 Å². The molecule has 0 bridgehead atoms. The minimum Gasteiger partial charge on any atom is -0.490 e. The third-order valence-corrected chi connectivity index (χ3v) is 3.13. The standard InChI is InChI=1S/C18H24O2/c1-6-14-11-17(19-12(2)3)15-9-7-8-10-16(15)18(14)20-13(4)5/h7-13H,6H2,1-5H3. The zero-order valence-electron chi connectivity index (χ0n) is 13.1. The van der Waals surface area contributed by atoms with Crippen molar-refractivity contribution in [2.24, 2.45) is 0 Å². The zero-order valence-corrected chi connectivity index (χ0v) is 13.1. The molecule has 2 aromatic carbocycles. The molecule has 0 fully saturated rings. The van der Waals surface area contributed by atoms with Gasteiger partial charge in [0.25, 0.3) is 0 Å². The fraction of sp³-hybridized carbons (Fsp3) is 0.444. The predicted octanol–water partition coefficient (Wildman–Crippen LogP) is 4.98. The quantitative estimate of drug-likeness (QED) is 0.764. The summed E-state index contributed by atoms with van der Waals surface area (Å²) in [5, 5.41) is 2.25. The van der Waals surface area contributed by atoms with E-state index in [4.69, 9.17) is 9.47 Å². The van der Waals surface area contributed by atoms with Crippen molar-refractivity contribution in [2.75, 3.05) is 0 Å². The van der Waals surface area contributed by atoms with Crippen molar-refractivity contribution in [1.29, 1.82) is 0 Å². The van der Waals surface area contributed by atoms with Crippen LogP contribution in [0.1, 0.15) is 40.2 Å². The Morgan fingerprint density at radius 1 is 0.900 bits per heavy atom. The number of benzene rings is 2. The van der Waals surface area contributed by atoms with Crippen molar-refractivity contribution in [3.63, 3.8) is 0 Å². The second-order valence-corrected chi connectivity index (χ2v) is 5.60. The largest absolute Gasteiger partial charge is 0.490 e. The molecule has 0 amide bonds. The van der Waals surface area contributed by atoms with Crippen LogP contribution in [0, 0.1) is 0 Å². The summed E-state index contributed by atoms with van der Waals surface area (Å²) in [5.41, 5.74) is 1.20. The van der Waals surface area contributed by atoms with Crippen LogP contribution in [0.4, 0.5) is 0 Å². The van der Waals surface area contributed by atoms with Gasteiger partial charge in [0, 0.05) is 10.8 Å². The average molecular weight is 272 g/mol. The molecule has 0 aliphatic carbocycles. The number of hydrogen-bond acceptors (Lipinski definition) is 2. The van der Waals surface area contributed by atoms with E-state index in [1.54, 1.807) is 0 Å². The molecule has 108 valence electrons. The highest BCUT2D eigenvalue weighted by atomic mass is 16.5. The third-order valence-electron chi connectivity index (χ3n) is 3.13. The van der Waals surface area contributed by atoms with E-state index in [9.17, 15) is 0 Å². The number of ether oxygens (including phenoxy) is 2. The zero-order chi connectivity index (χ0) is 14.7. The Bertz CT molecular complexity index is 585. The molecule has 0 aromatic heterocycles. The van der Waals surface area contributed by atoms with Crippen LogP contribution in [0.3, 0.4) is 0 Å². The lowest BCUT2D eigenvalue weighted by Crippen LogP contribution is -2.10. The second kappa shape index (κ2) is 6.17. The van der Waals surface area contributed by atoms with E-state index < -0.39 is 0 Å². The van der Waals surface area contributed by atoms with Gasteiger partial charge in [0.1, 0.15) is 11.5 Å². The van der Waals surface area contributed by atoms with E-state index in [0.717, 1.165) is 28.7 Å². The van der Waals surface area contributed by atoms with E-state index in [0.29, 0.717) is 0 Å². The minimum absolute atomic E-state index is 0.167. The molecule has 0 aliphatic heterocycles. The Labute approximate surface area is 121 Å². The first kappa shape index (κ1) is 14.7. The Kier molecular flexibility index (Phi) is 4.53. The summed E-state index contributed by atoms with van der Waals surface area (Å²) >= 11 is 0. The first-order chi connectivity index (χ1) is 9.52. The van der Waals surface area contributed by atoms with Crippen LogP contribution in [-0.4, -0.2) is 12.2 Å². The van der Waals surface area contributed by atoms with Crippen molar-refractivity contribution in [3.05, 3.63) is 35.9 Å². The molecule has 2 nitrogen and oxygen atoms in total. The Morgan fingerprint density at radius 3 is 2.05 bits per heavy atom. The molecule has 2 rings (SSSR count). The number of rotatable bonds is 5. The molecule has 0 unspecified atom stereocenters. The molecule has 0 N–H and O–H groups in total. The molecule has 0 spiro atoms. The summed E-state index contributed by atoms with van der Waals surface area (Å²) in [4.78, 5) is 0. The van der Waals surface area contributed by atoms with Crippen LogP contribution in [-0.2, 0) is 6.42 Å². The van der Waals surface area contributed by atoms with Crippen molar-refractivity contribution < 1.29 is 9.47 Å². The van der Waals surface area contributed by atoms with Gasteiger partial charge in [0.05, 0.1) is 12.2 Å². The summed E-state index contributed by atoms with van der Waals surface area (Å²) in [6, 6.07) is 10.4. The van der Waals surface area contributed by atoms with Gasteiger partial charge in [0.2, 0.25) is 0 Å². The molecule has 2 heteroatoms. The van der Waals surface area contributed by atoms with E-state index in [1.165, 1.54) is 5.56 Å². The van der Waals surface area contributed by atoms with Crippen molar-refractivity contribution in [3.8, 4) is 11.5 Å². The molecule has 0 saturated carbocycles. The lowest BCUT2D eigenvalue weighted by atomic mass is 10.0. The van der Waals surface area contributed by atoms with Gasteiger partial charge in [-0.15, -0.1) is 0 Å². The summed E-state index contributed by atoms with van der Waals surface area (Å²) in [7, 11) is 0. The predicted molar refractivity (Wildman–Crippen MR) is 84.9 cm³/mol. The van der Waals surface area contributed by atoms with E-state index in [-0.39, 0.29) is 12.2 Å². The van der Waals surface area contributed by atoms with Gasteiger partial charge in [-0.1, -0.05) is 31.2 Å². The van der Waals surface area contributed by atoms with Crippen molar-refractivity contribution in [2.45, 2.75) is 53.2 Å². The first-order valence-electron chi connectivity index (χ1n) is 7.40. The normalized spacial score (nSPS) is 11.3. The topological polar surface area (TPSA) is 18.5 Å². The maximum Gasteiger partial charge on any atom is 0.130 e. The van der Waals surface area contributed by atoms with Gasteiger partial charge in [-0.05, 0) is 45.7 Å². The summed E-state index contributed by atoms with van der Waals surface area (Å²) in [5.74, 6) is 1.94. The molecule has 0 heterocycles. The van der Waals surface area contributed by atoms with E-state index in [2.05, 4.69) is 52.8 Å². The lowest BCUT2D eigenvalue weighted by molar-refractivity contribution is 0.237. The monoisotopic (exact) mass is 272 g/mol. The Balaban J connectivity index is 2.66. The van der Waals surface area contributed by atoms with Crippen molar-refractivity contribution >= 4 is 10.8 Å². The summed E-state index contributed by atoms with van der Waals surface area (Å²) in [6.45, 7) is 10.4. The van der Waals surface area contributed by atoms with Gasteiger partial charge < -0.3 is 9.47 Å². The highest BCUT2D eigenvalue weighted by molar-refractivity contribution is 5.94. The van der Waals surface area contributed by atoms with Crippen molar-refractivity contribution in [1.82, 2.24) is 0 Å². The molecular weight excluding hydrogens is 248 g/mol. The van der Waals surface area contributed by atoms with Crippen LogP contribution in [0.25, 0.3) is 10.8 Å². The van der Waals surface area contributed by atoms with Crippen LogP contribution in [0.2, 0.25) is 0 Å². The Morgan fingerprint density at radius 2 is 1.50 bits per heavy atom. The van der Waals surface area contributed by atoms with Crippen LogP contribution < -0.4 is 9.47 Å². The summed E-state index contributed by atoms with van der Waals surface area (Å²) in [6.07, 6.45) is 1.27. The molecule has 20 heavy (non-hydrogen) atoms. The maximum absolute atomic E-state index is 6.05.